The number of thiazole rings is 1. The minimum Gasteiger partial charge on any atom is -0.422 e. The molecule has 0 aliphatic heterocycles. The predicted octanol–water partition coefficient (Wildman–Crippen LogP) is 5.98. The number of hydrogen-bond acceptors (Lipinski definition) is 5. The van der Waals surface area contributed by atoms with Gasteiger partial charge in [-0.1, -0.05) is 90.2 Å². The molecule has 0 fully saturated rings. The zero-order chi connectivity index (χ0) is 24.9. The first-order valence-electron chi connectivity index (χ1n) is 11.8. The Bertz CT molecular complexity index is 2120. The highest BCUT2D eigenvalue weighted by atomic mass is 32.1. The molecule has 0 N–H and O–H groups in total. The highest BCUT2D eigenvalue weighted by Crippen LogP contribution is 2.30. The van der Waals surface area contributed by atoms with Gasteiger partial charge in [0.15, 0.2) is 4.96 Å². The number of imidazole rings is 1. The average Bonchev–Trinajstić information content (AvgIpc) is 3.45. The van der Waals surface area contributed by atoms with Crippen LogP contribution in [0.2, 0.25) is 0 Å². The second-order valence-electron chi connectivity index (χ2n) is 8.75. The lowest BCUT2D eigenvalue weighted by Crippen LogP contribution is -2.23. The summed E-state index contributed by atoms with van der Waals surface area (Å²) < 4.78 is 8.15. The highest BCUT2D eigenvalue weighted by molar-refractivity contribution is 7.15. The fourth-order valence-electron chi connectivity index (χ4n) is 4.81. The van der Waals surface area contributed by atoms with Crippen molar-refractivity contribution in [3.63, 3.8) is 0 Å². The number of fused-ring (bicyclic) bond motifs is 5. The molecule has 0 aliphatic rings. The first kappa shape index (κ1) is 21.5. The monoisotopic (exact) mass is 498 g/mol. The van der Waals surface area contributed by atoms with Crippen LogP contribution < -0.4 is 14.8 Å². The van der Waals surface area contributed by atoms with Gasteiger partial charge in [0.25, 0.3) is 5.56 Å². The lowest BCUT2D eigenvalue weighted by molar-refractivity contribution is 0.0736. The molecule has 0 unspecified atom stereocenters. The molecule has 0 atom stereocenters. The van der Waals surface area contributed by atoms with Gasteiger partial charge in [-0.3, -0.25) is 4.79 Å². The molecule has 0 amide bonds. The van der Waals surface area contributed by atoms with E-state index in [1.54, 1.807) is 16.5 Å². The first-order valence-corrected chi connectivity index (χ1v) is 12.6. The maximum Gasteiger partial charge on any atom is 0.344 e. The van der Waals surface area contributed by atoms with Crippen molar-refractivity contribution in [2.75, 3.05) is 0 Å². The van der Waals surface area contributed by atoms with E-state index < -0.39 is 5.97 Å². The number of benzene rings is 5. The molecule has 0 saturated heterocycles. The van der Waals surface area contributed by atoms with Crippen molar-refractivity contribution >= 4 is 60.9 Å². The first-order chi connectivity index (χ1) is 18.2. The molecular weight excluding hydrogens is 480 g/mol. The third-order valence-electron chi connectivity index (χ3n) is 6.56. The van der Waals surface area contributed by atoms with Gasteiger partial charge < -0.3 is 4.74 Å². The summed E-state index contributed by atoms with van der Waals surface area (Å²) in [6.45, 7) is 0. The molecule has 5 nitrogen and oxygen atoms in total. The van der Waals surface area contributed by atoms with Gasteiger partial charge in [-0.05, 0) is 51.9 Å². The summed E-state index contributed by atoms with van der Waals surface area (Å²) in [5.74, 6) is -0.0528. The van der Waals surface area contributed by atoms with E-state index in [0.717, 1.165) is 32.6 Å². The molecule has 6 heteroatoms. The van der Waals surface area contributed by atoms with E-state index in [0.29, 0.717) is 26.4 Å². The van der Waals surface area contributed by atoms with Gasteiger partial charge in [0.2, 0.25) is 0 Å². The molecule has 0 spiro atoms. The molecule has 0 radical (unpaired) electrons. The summed E-state index contributed by atoms with van der Waals surface area (Å²) in [6, 6.07) is 32.5. The van der Waals surface area contributed by atoms with E-state index in [-0.39, 0.29) is 5.56 Å². The second kappa shape index (κ2) is 8.40. The number of aromatic nitrogens is 2. The Morgan fingerprint density at radius 1 is 0.784 bits per heavy atom. The van der Waals surface area contributed by atoms with E-state index >= 15 is 0 Å². The number of para-hydroxylation sites is 2. The van der Waals surface area contributed by atoms with Gasteiger partial charge >= 0.3 is 5.97 Å². The number of carbonyl (C=O) groups excluding carboxylic acids is 1. The van der Waals surface area contributed by atoms with Crippen molar-refractivity contribution in [2.24, 2.45) is 0 Å². The van der Waals surface area contributed by atoms with Crippen molar-refractivity contribution in [3.05, 3.63) is 129 Å². The van der Waals surface area contributed by atoms with Crippen LogP contribution in [0.3, 0.4) is 0 Å². The molecule has 5 aromatic carbocycles. The van der Waals surface area contributed by atoms with Gasteiger partial charge in [0.05, 0.1) is 21.1 Å². The van der Waals surface area contributed by atoms with Crippen molar-refractivity contribution in [1.29, 1.82) is 0 Å². The molecule has 0 aliphatic carbocycles. The number of ether oxygens (including phenoxy) is 1. The van der Waals surface area contributed by atoms with Crippen molar-refractivity contribution < 1.29 is 9.53 Å². The van der Waals surface area contributed by atoms with Crippen LogP contribution in [0.15, 0.2) is 108 Å². The Morgan fingerprint density at radius 2 is 1.49 bits per heavy atom. The summed E-state index contributed by atoms with van der Waals surface area (Å²) in [5, 5.41) is 3.67. The second-order valence-corrected chi connectivity index (χ2v) is 9.76. The van der Waals surface area contributed by atoms with E-state index in [1.807, 2.05) is 97.1 Å². The van der Waals surface area contributed by atoms with Gasteiger partial charge in [-0.25, -0.2) is 14.2 Å². The molecule has 2 heterocycles. The van der Waals surface area contributed by atoms with E-state index in [4.69, 9.17) is 4.74 Å². The summed E-state index contributed by atoms with van der Waals surface area (Å²) in [4.78, 5) is 32.1. The van der Waals surface area contributed by atoms with Gasteiger partial charge in [0.1, 0.15) is 5.75 Å². The van der Waals surface area contributed by atoms with Crippen LogP contribution in [0.4, 0.5) is 0 Å². The minimum atomic E-state index is -0.448. The summed E-state index contributed by atoms with van der Waals surface area (Å²) >= 11 is 1.32. The van der Waals surface area contributed by atoms with Gasteiger partial charge in [0, 0.05) is 5.56 Å². The maximum atomic E-state index is 13.4. The SMILES string of the molecule is O=C(Oc1ccc2ccccc2c1/C=c1/sc2nc3ccccc3n2c1=O)c1cccc2ccccc12. The maximum absolute atomic E-state index is 13.4. The lowest BCUT2D eigenvalue weighted by atomic mass is 10.0. The number of carbonyl (C=O) groups is 1. The predicted molar refractivity (Wildman–Crippen MR) is 148 cm³/mol. The topological polar surface area (TPSA) is 60.7 Å². The molecule has 176 valence electrons. The highest BCUT2D eigenvalue weighted by Gasteiger charge is 2.17. The average molecular weight is 499 g/mol. The van der Waals surface area contributed by atoms with E-state index in [1.165, 1.54) is 11.3 Å². The Morgan fingerprint density at radius 3 is 2.35 bits per heavy atom. The number of rotatable bonds is 3. The molecule has 0 saturated carbocycles. The normalized spacial score (nSPS) is 12.2. The van der Waals surface area contributed by atoms with Crippen LogP contribution in [0.1, 0.15) is 15.9 Å². The molecule has 7 rings (SSSR count). The number of nitrogens with zero attached hydrogens (tertiary/aromatic N) is 2. The Labute approximate surface area is 214 Å². The molecule has 7 aromatic rings. The van der Waals surface area contributed by atoms with Crippen LogP contribution in [-0.4, -0.2) is 15.4 Å². The van der Waals surface area contributed by atoms with Gasteiger partial charge in [-0.15, -0.1) is 0 Å². The quantitative estimate of drug-likeness (QED) is 0.222. The smallest absolute Gasteiger partial charge is 0.344 e. The van der Waals surface area contributed by atoms with E-state index in [9.17, 15) is 9.59 Å². The summed E-state index contributed by atoms with van der Waals surface area (Å²) in [6.07, 6.45) is 1.81. The molecular formula is C31H18N2O3S. The zero-order valence-electron chi connectivity index (χ0n) is 19.4. The Balaban J connectivity index is 1.41. The molecule has 0 bridgehead atoms. The Hall–Kier alpha value is -4.81. The van der Waals surface area contributed by atoms with Crippen molar-refractivity contribution in [3.8, 4) is 5.75 Å². The van der Waals surface area contributed by atoms with Crippen molar-refractivity contribution in [2.45, 2.75) is 0 Å². The van der Waals surface area contributed by atoms with Crippen LogP contribution >= 0.6 is 11.3 Å². The van der Waals surface area contributed by atoms with Crippen LogP contribution in [0, 0.1) is 0 Å². The Kier molecular flexibility index (Phi) is 4.87. The third-order valence-corrected chi connectivity index (χ3v) is 7.53. The zero-order valence-corrected chi connectivity index (χ0v) is 20.2. The standard InChI is InChI=1S/C31H18N2O3S/c34-29-28(37-31-32-25-14-5-6-15-26(25)33(29)31)18-24-22-12-4-2-9-20(22)16-17-27(24)36-30(35)23-13-7-10-19-8-1-3-11-21(19)23/h1-18H/b28-18+. The van der Waals surface area contributed by atoms with E-state index in [2.05, 4.69) is 4.98 Å². The summed E-state index contributed by atoms with van der Waals surface area (Å²) in [5.41, 5.74) is 2.58. The largest absolute Gasteiger partial charge is 0.422 e. The number of hydrogen-bond donors (Lipinski definition) is 0. The fourth-order valence-corrected chi connectivity index (χ4v) is 5.78. The third kappa shape index (κ3) is 3.50. The number of esters is 1. The van der Waals surface area contributed by atoms with Crippen LogP contribution in [0.25, 0.3) is 43.6 Å². The molecule has 2 aromatic heterocycles. The van der Waals surface area contributed by atoms with Crippen molar-refractivity contribution in [1.82, 2.24) is 9.38 Å². The van der Waals surface area contributed by atoms with Crippen LogP contribution in [0.5, 0.6) is 5.75 Å². The lowest BCUT2D eigenvalue weighted by Gasteiger charge is -2.12. The molecule has 37 heavy (non-hydrogen) atoms. The minimum absolute atomic E-state index is 0.145. The fraction of sp³-hybridized carbons (Fsp3) is 0. The van der Waals surface area contributed by atoms with Crippen LogP contribution in [-0.2, 0) is 0 Å². The van der Waals surface area contributed by atoms with Gasteiger partial charge in [-0.2, -0.15) is 0 Å². The summed E-state index contributed by atoms with van der Waals surface area (Å²) in [7, 11) is 0.